The highest BCUT2D eigenvalue weighted by atomic mass is 127. The average molecular weight is 449 g/mol. The number of hydrogen-bond donors (Lipinski definition) is 2. The monoisotopic (exact) mass is 449 g/mol. The Morgan fingerprint density at radius 1 is 1.25 bits per heavy atom. The highest BCUT2D eigenvalue weighted by Gasteiger charge is 2.31. The summed E-state index contributed by atoms with van der Waals surface area (Å²) in [6.07, 6.45) is 5.01. The van der Waals surface area contributed by atoms with Gasteiger partial charge in [0.1, 0.15) is 6.54 Å². The summed E-state index contributed by atoms with van der Waals surface area (Å²) in [6, 6.07) is 1.28. The number of halogens is 1. The molecule has 1 saturated carbocycles. The van der Waals surface area contributed by atoms with E-state index in [0.29, 0.717) is 18.5 Å². The van der Waals surface area contributed by atoms with Gasteiger partial charge < -0.3 is 20.4 Å². The van der Waals surface area contributed by atoms with Gasteiger partial charge in [-0.2, -0.15) is 0 Å². The van der Waals surface area contributed by atoms with Gasteiger partial charge in [-0.05, 0) is 32.6 Å². The maximum absolute atomic E-state index is 11.7. The lowest BCUT2D eigenvalue weighted by Gasteiger charge is -2.33. The van der Waals surface area contributed by atoms with Crippen LogP contribution in [0.25, 0.3) is 0 Å². The van der Waals surface area contributed by atoms with E-state index in [1.165, 1.54) is 12.8 Å². The Balaban J connectivity index is 0.00000288. The number of carbonyl (C=O) groups is 1. The number of aliphatic imine (C=N–C) groups is 1. The lowest BCUT2D eigenvalue weighted by Crippen LogP contribution is -2.49. The molecule has 138 valence electrons. The third kappa shape index (κ3) is 7.38. The highest BCUT2D eigenvalue weighted by molar-refractivity contribution is 14.0. The number of nitrogens with one attached hydrogen (secondary N) is 2. The molecular formula is C17H32IN5O. The minimum atomic E-state index is 0. The molecule has 1 saturated heterocycles. The van der Waals surface area contributed by atoms with Crippen molar-refractivity contribution in [1.29, 1.82) is 0 Å². The van der Waals surface area contributed by atoms with Crippen molar-refractivity contribution in [3.05, 3.63) is 12.2 Å². The van der Waals surface area contributed by atoms with Gasteiger partial charge in [-0.1, -0.05) is 12.2 Å². The molecule has 2 N–H and O–H groups in total. The third-order valence-electron chi connectivity index (χ3n) is 4.36. The molecule has 0 radical (unpaired) electrons. The Labute approximate surface area is 163 Å². The van der Waals surface area contributed by atoms with Crippen LogP contribution in [-0.4, -0.2) is 74.0 Å². The first-order valence-electron chi connectivity index (χ1n) is 8.59. The average Bonchev–Trinajstić information content (AvgIpc) is 3.34. The Hall–Kier alpha value is -0.830. The molecule has 7 heteroatoms. The smallest absolute Gasteiger partial charge is 0.243 e. The predicted molar refractivity (Wildman–Crippen MR) is 110 cm³/mol. The second kappa shape index (κ2) is 10.2. The molecule has 0 aromatic carbocycles. The van der Waals surface area contributed by atoms with Crippen LogP contribution in [0.4, 0.5) is 0 Å². The second-order valence-electron chi connectivity index (χ2n) is 6.95. The SMILES string of the molecule is C=C(C)CNC(=NCC(=O)N(C)C)NC1CCN(C2CC2)CC1.I. The van der Waals surface area contributed by atoms with Gasteiger partial charge in [0.05, 0.1) is 0 Å². The number of likely N-dealkylation sites (tertiary alicyclic amines) is 1. The molecular weight excluding hydrogens is 417 g/mol. The fourth-order valence-electron chi connectivity index (χ4n) is 2.72. The first kappa shape index (κ1) is 21.2. The lowest BCUT2D eigenvalue weighted by molar-refractivity contribution is -0.127. The molecule has 1 heterocycles. The number of nitrogens with zero attached hydrogens (tertiary/aromatic N) is 3. The first-order valence-corrected chi connectivity index (χ1v) is 8.59. The van der Waals surface area contributed by atoms with E-state index in [0.717, 1.165) is 37.5 Å². The molecule has 2 fully saturated rings. The molecule has 2 aliphatic rings. The summed E-state index contributed by atoms with van der Waals surface area (Å²) in [5.41, 5.74) is 1.04. The van der Waals surface area contributed by atoms with Gasteiger partial charge in [0.25, 0.3) is 0 Å². The van der Waals surface area contributed by atoms with Crippen molar-refractivity contribution in [2.75, 3.05) is 40.3 Å². The molecule has 0 bridgehead atoms. The number of carbonyl (C=O) groups excluding carboxylic acids is 1. The van der Waals surface area contributed by atoms with Crippen LogP contribution < -0.4 is 10.6 Å². The Morgan fingerprint density at radius 3 is 2.38 bits per heavy atom. The van der Waals surface area contributed by atoms with Gasteiger partial charge >= 0.3 is 0 Å². The van der Waals surface area contributed by atoms with E-state index in [1.54, 1.807) is 19.0 Å². The second-order valence-corrected chi connectivity index (χ2v) is 6.95. The summed E-state index contributed by atoms with van der Waals surface area (Å²) in [5, 5.41) is 6.75. The fourth-order valence-corrected chi connectivity index (χ4v) is 2.72. The minimum Gasteiger partial charge on any atom is -0.354 e. The normalized spacial score (nSPS) is 19.4. The Bertz CT molecular complexity index is 454. The van der Waals surface area contributed by atoms with Crippen molar-refractivity contribution in [2.45, 2.75) is 44.7 Å². The van der Waals surface area contributed by atoms with Crippen molar-refractivity contribution in [2.24, 2.45) is 4.99 Å². The first-order chi connectivity index (χ1) is 11.0. The molecule has 0 aromatic rings. The molecule has 0 aromatic heterocycles. The Morgan fingerprint density at radius 2 is 1.88 bits per heavy atom. The van der Waals surface area contributed by atoms with E-state index in [4.69, 9.17) is 0 Å². The number of amides is 1. The van der Waals surface area contributed by atoms with E-state index in [-0.39, 0.29) is 36.4 Å². The zero-order chi connectivity index (χ0) is 16.8. The van der Waals surface area contributed by atoms with Crippen LogP contribution in [-0.2, 0) is 4.79 Å². The van der Waals surface area contributed by atoms with Crippen molar-refractivity contribution in [3.8, 4) is 0 Å². The van der Waals surface area contributed by atoms with Gasteiger partial charge in [0.15, 0.2) is 5.96 Å². The molecule has 0 atom stereocenters. The molecule has 2 rings (SSSR count). The standard InChI is InChI=1S/C17H31N5O.HI/c1-13(2)11-18-17(19-12-16(23)21(3)4)20-14-7-9-22(10-8-14)15-5-6-15;/h14-15H,1,5-12H2,2-4H3,(H2,18,19,20);1H. The number of guanidine groups is 1. The molecule has 1 amide bonds. The van der Waals surface area contributed by atoms with Crippen LogP contribution in [0.1, 0.15) is 32.6 Å². The van der Waals surface area contributed by atoms with Crippen LogP contribution in [0, 0.1) is 0 Å². The van der Waals surface area contributed by atoms with Gasteiger partial charge in [-0.15, -0.1) is 24.0 Å². The Kier molecular flexibility index (Phi) is 9.04. The molecule has 0 spiro atoms. The quantitative estimate of drug-likeness (QED) is 0.279. The molecule has 1 aliphatic carbocycles. The van der Waals surface area contributed by atoms with E-state index in [9.17, 15) is 4.79 Å². The molecule has 24 heavy (non-hydrogen) atoms. The summed E-state index contributed by atoms with van der Waals surface area (Å²) in [6.45, 7) is 9.04. The van der Waals surface area contributed by atoms with Gasteiger partial charge in [-0.3, -0.25) is 4.79 Å². The number of likely N-dealkylation sites (N-methyl/N-ethyl adjacent to an activating group) is 1. The number of rotatable bonds is 6. The summed E-state index contributed by atoms with van der Waals surface area (Å²) in [4.78, 5) is 20.3. The van der Waals surface area contributed by atoms with Crippen LogP contribution in [0.3, 0.4) is 0 Å². The van der Waals surface area contributed by atoms with Gasteiger partial charge in [-0.25, -0.2) is 4.99 Å². The summed E-state index contributed by atoms with van der Waals surface area (Å²) >= 11 is 0. The van der Waals surface area contributed by atoms with Crippen LogP contribution >= 0.6 is 24.0 Å². The van der Waals surface area contributed by atoms with E-state index in [2.05, 4.69) is 27.1 Å². The topological polar surface area (TPSA) is 60.0 Å². The lowest BCUT2D eigenvalue weighted by atomic mass is 10.1. The van der Waals surface area contributed by atoms with Crippen molar-refractivity contribution in [3.63, 3.8) is 0 Å². The molecule has 0 unspecified atom stereocenters. The predicted octanol–water partition coefficient (Wildman–Crippen LogP) is 1.43. The maximum Gasteiger partial charge on any atom is 0.243 e. The molecule has 1 aliphatic heterocycles. The van der Waals surface area contributed by atoms with E-state index >= 15 is 0 Å². The summed E-state index contributed by atoms with van der Waals surface area (Å²) in [5.74, 6) is 0.720. The van der Waals surface area contributed by atoms with Crippen molar-refractivity contribution >= 4 is 35.8 Å². The van der Waals surface area contributed by atoms with E-state index < -0.39 is 0 Å². The van der Waals surface area contributed by atoms with Crippen molar-refractivity contribution < 1.29 is 4.79 Å². The highest BCUT2D eigenvalue weighted by Crippen LogP contribution is 2.29. The zero-order valence-corrected chi connectivity index (χ0v) is 17.5. The van der Waals surface area contributed by atoms with Gasteiger partial charge in [0.2, 0.25) is 5.91 Å². The largest absolute Gasteiger partial charge is 0.354 e. The van der Waals surface area contributed by atoms with E-state index in [1.807, 2.05) is 6.92 Å². The fraction of sp³-hybridized carbons (Fsp3) is 0.765. The number of hydrogen-bond acceptors (Lipinski definition) is 3. The van der Waals surface area contributed by atoms with Crippen molar-refractivity contribution in [1.82, 2.24) is 20.4 Å². The molecule has 6 nitrogen and oxygen atoms in total. The summed E-state index contributed by atoms with van der Waals surface area (Å²) in [7, 11) is 3.50. The zero-order valence-electron chi connectivity index (χ0n) is 15.2. The van der Waals surface area contributed by atoms with Gasteiger partial charge in [0, 0.05) is 45.8 Å². The summed E-state index contributed by atoms with van der Waals surface area (Å²) < 4.78 is 0. The van der Waals surface area contributed by atoms with Crippen LogP contribution in [0.5, 0.6) is 0 Å². The number of piperidine rings is 1. The minimum absolute atomic E-state index is 0. The van der Waals surface area contributed by atoms with Crippen LogP contribution in [0.15, 0.2) is 17.1 Å². The third-order valence-corrected chi connectivity index (χ3v) is 4.36. The maximum atomic E-state index is 11.7. The van der Waals surface area contributed by atoms with Crippen LogP contribution in [0.2, 0.25) is 0 Å².